The van der Waals surface area contributed by atoms with Crippen LogP contribution in [0.25, 0.3) is 11.0 Å². The van der Waals surface area contributed by atoms with Crippen LogP contribution in [0, 0.1) is 0 Å². The average Bonchev–Trinajstić information content (AvgIpc) is 2.36. The first kappa shape index (κ1) is 11.1. The van der Waals surface area contributed by atoms with E-state index in [2.05, 4.69) is 9.97 Å². The van der Waals surface area contributed by atoms with Gasteiger partial charge in [0, 0.05) is 17.5 Å². The first-order valence-corrected chi connectivity index (χ1v) is 4.78. The summed E-state index contributed by atoms with van der Waals surface area (Å²) in [5, 5.41) is 9.53. The molecule has 0 fully saturated rings. The van der Waals surface area contributed by atoms with Crippen LogP contribution in [-0.4, -0.2) is 35.3 Å². The fraction of sp³-hybridized carbons (Fsp3) is 0.182. The highest BCUT2D eigenvalue weighted by atomic mass is 16.5. The number of aromatic nitrogens is 2. The Morgan fingerprint density at radius 1 is 1.18 bits per heavy atom. The van der Waals surface area contributed by atoms with Gasteiger partial charge in [-0.05, 0) is 6.07 Å². The maximum absolute atomic E-state index is 11.1. The van der Waals surface area contributed by atoms with Gasteiger partial charge >= 0.3 is 5.97 Å². The first-order valence-electron chi connectivity index (χ1n) is 4.78. The fourth-order valence-electron chi connectivity index (χ4n) is 1.46. The Kier molecular flexibility index (Phi) is 2.78. The normalized spacial score (nSPS) is 10.2. The summed E-state index contributed by atoms with van der Waals surface area (Å²) >= 11 is 0. The van der Waals surface area contributed by atoms with Gasteiger partial charge in [-0.15, -0.1) is 0 Å². The number of nitrogens with zero attached hydrogens (tertiary/aromatic N) is 2. The molecule has 0 aliphatic carbocycles. The molecule has 17 heavy (non-hydrogen) atoms. The van der Waals surface area contributed by atoms with Crippen molar-refractivity contribution in [3.05, 3.63) is 23.8 Å². The second kappa shape index (κ2) is 4.25. The monoisotopic (exact) mass is 234 g/mol. The molecule has 0 aliphatic heterocycles. The van der Waals surface area contributed by atoms with E-state index in [1.807, 2.05) is 0 Å². The van der Waals surface area contributed by atoms with Crippen LogP contribution < -0.4 is 9.47 Å². The van der Waals surface area contributed by atoms with Crippen LogP contribution in [0.3, 0.4) is 0 Å². The van der Waals surface area contributed by atoms with Crippen molar-refractivity contribution in [2.75, 3.05) is 14.2 Å². The summed E-state index contributed by atoms with van der Waals surface area (Å²) in [4.78, 5) is 19.2. The predicted octanol–water partition coefficient (Wildman–Crippen LogP) is 1.35. The molecule has 0 saturated carbocycles. The molecule has 2 aromatic rings. The molecule has 0 unspecified atom stereocenters. The third-order valence-corrected chi connectivity index (χ3v) is 2.27. The lowest BCUT2D eigenvalue weighted by Crippen LogP contribution is -2.02. The zero-order valence-corrected chi connectivity index (χ0v) is 9.30. The second-order valence-electron chi connectivity index (χ2n) is 3.24. The Hall–Kier alpha value is -2.37. The molecule has 0 radical (unpaired) electrons. The highest BCUT2D eigenvalue weighted by Crippen LogP contribution is 2.22. The predicted molar refractivity (Wildman–Crippen MR) is 59.6 cm³/mol. The minimum absolute atomic E-state index is 0.0991. The average molecular weight is 234 g/mol. The van der Waals surface area contributed by atoms with Gasteiger partial charge < -0.3 is 14.6 Å². The topological polar surface area (TPSA) is 81.5 Å². The van der Waals surface area contributed by atoms with E-state index < -0.39 is 5.97 Å². The summed E-state index contributed by atoms with van der Waals surface area (Å²) in [5.74, 6) is -0.479. The van der Waals surface area contributed by atoms with Gasteiger partial charge in [-0.3, -0.25) is 0 Å². The van der Waals surface area contributed by atoms with Crippen molar-refractivity contribution in [1.29, 1.82) is 0 Å². The molecule has 6 heteroatoms. The number of carbonyl (C=O) groups is 1. The third-order valence-electron chi connectivity index (χ3n) is 2.27. The Labute approximate surface area is 96.8 Å². The maximum atomic E-state index is 11.1. The van der Waals surface area contributed by atoms with Crippen LogP contribution in [0.4, 0.5) is 0 Å². The fourth-order valence-corrected chi connectivity index (χ4v) is 1.46. The summed E-state index contributed by atoms with van der Waals surface area (Å²) in [6.07, 6.45) is 0. The summed E-state index contributed by atoms with van der Waals surface area (Å²) in [6, 6.07) is 4.55. The molecular formula is C11H10N2O4. The van der Waals surface area contributed by atoms with Gasteiger partial charge in [0.25, 0.3) is 0 Å². The van der Waals surface area contributed by atoms with Crippen molar-refractivity contribution in [3.8, 4) is 11.8 Å². The van der Waals surface area contributed by atoms with E-state index in [1.165, 1.54) is 20.3 Å². The number of hydrogen-bond acceptors (Lipinski definition) is 5. The van der Waals surface area contributed by atoms with Crippen LogP contribution in [-0.2, 0) is 0 Å². The first-order chi connectivity index (χ1) is 8.15. The number of aromatic carboxylic acids is 1. The Balaban J connectivity index is 2.75. The van der Waals surface area contributed by atoms with E-state index in [1.54, 1.807) is 12.1 Å². The molecule has 0 aliphatic rings. The minimum Gasteiger partial charge on any atom is -0.481 e. The minimum atomic E-state index is -1.05. The number of ether oxygens (including phenoxy) is 2. The molecule has 0 saturated heterocycles. The smallest absolute Gasteiger partial charge is 0.336 e. The zero-order chi connectivity index (χ0) is 12.4. The van der Waals surface area contributed by atoms with Crippen molar-refractivity contribution in [1.82, 2.24) is 9.97 Å². The maximum Gasteiger partial charge on any atom is 0.336 e. The van der Waals surface area contributed by atoms with Gasteiger partial charge in [-0.1, -0.05) is 0 Å². The molecule has 88 valence electrons. The highest BCUT2D eigenvalue weighted by molar-refractivity contribution is 6.01. The molecular weight excluding hydrogens is 224 g/mol. The number of rotatable bonds is 3. The van der Waals surface area contributed by atoms with Gasteiger partial charge in [0.15, 0.2) is 5.65 Å². The molecule has 6 nitrogen and oxygen atoms in total. The molecule has 0 bridgehead atoms. The number of pyridine rings is 2. The van der Waals surface area contributed by atoms with E-state index in [4.69, 9.17) is 14.6 Å². The summed E-state index contributed by atoms with van der Waals surface area (Å²) < 4.78 is 9.89. The van der Waals surface area contributed by atoms with Crippen LogP contribution in [0.2, 0.25) is 0 Å². The lowest BCUT2D eigenvalue weighted by Gasteiger charge is -2.06. The van der Waals surface area contributed by atoms with Gasteiger partial charge in [-0.2, -0.15) is 9.97 Å². The molecule has 0 atom stereocenters. The van der Waals surface area contributed by atoms with E-state index in [0.717, 1.165) is 0 Å². The number of carboxylic acid groups (broad SMARTS) is 1. The number of hydrogen-bond donors (Lipinski definition) is 1. The van der Waals surface area contributed by atoms with Crippen LogP contribution in [0.15, 0.2) is 18.2 Å². The van der Waals surface area contributed by atoms with E-state index in [0.29, 0.717) is 11.3 Å². The lowest BCUT2D eigenvalue weighted by molar-refractivity contribution is 0.0698. The quantitative estimate of drug-likeness (QED) is 0.863. The number of fused-ring (bicyclic) bond motifs is 1. The zero-order valence-electron chi connectivity index (χ0n) is 9.30. The van der Waals surface area contributed by atoms with E-state index in [-0.39, 0.29) is 17.1 Å². The molecule has 2 heterocycles. The molecule has 1 N–H and O–H groups in total. The van der Waals surface area contributed by atoms with Crippen molar-refractivity contribution in [3.63, 3.8) is 0 Å². The number of carboxylic acids is 1. The molecule has 0 amide bonds. The SMILES string of the molecule is COc1ccc2c(C(=O)O)cc(OC)nc2n1. The van der Waals surface area contributed by atoms with E-state index >= 15 is 0 Å². The molecule has 2 aromatic heterocycles. The van der Waals surface area contributed by atoms with Crippen LogP contribution >= 0.6 is 0 Å². The summed E-state index contributed by atoms with van der Waals surface area (Å²) in [6.45, 7) is 0. The van der Waals surface area contributed by atoms with Gasteiger partial charge in [0.1, 0.15) is 0 Å². The van der Waals surface area contributed by atoms with E-state index in [9.17, 15) is 4.79 Å². The third kappa shape index (κ3) is 1.96. The standard InChI is InChI=1S/C11H10N2O4/c1-16-8-4-3-6-7(11(14)15)5-9(17-2)13-10(6)12-8/h3-5H,1-2H3,(H,14,15). The van der Waals surface area contributed by atoms with Gasteiger partial charge in [0.05, 0.1) is 19.8 Å². The van der Waals surface area contributed by atoms with Gasteiger partial charge in [0.2, 0.25) is 11.8 Å². The second-order valence-corrected chi connectivity index (χ2v) is 3.24. The van der Waals surface area contributed by atoms with Crippen LogP contribution in [0.5, 0.6) is 11.8 Å². The highest BCUT2D eigenvalue weighted by Gasteiger charge is 2.13. The van der Waals surface area contributed by atoms with Crippen molar-refractivity contribution in [2.45, 2.75) is 0 Å². The largest absolute Gasteiger partial charge is 0.481 e. The molecule has 0 spiro atoms. The van der Waals surface area contributed by atoms with Crippen molar-refractivity contribution in [2.24, 2.45) is 0 Å². The Morgan fingerprint density at radius 3 is 2.41 bits per heavy atom. The van der Waals surface area contributed by atoms with Crippen molar-refractivity contribution >= 4 is 17.0 Å². The summed E-state index contributed by atoms with van der Waals surface area (Å²) in [5.41, 5.74) is 0.378. The Bertz CT molecular complexity index is 578. The van der Waals surface area contributed by atoms with Crippen LogP contribution in [0.1, 0.15) is 10.4 Å². The van der Waals surface area contributed by atoms with Gasteiger partial charge in [-0.25, -0.2) is 4.79 Å². The number of methoxy groups -OCH3 is 2. The Morgan fingerprint density at radius 2 is 1.82 bits per heavy atom. The lowest BCUT2D eigenvalue weighted by atomic mass is 10.1. The summed E-state index contributed by atoms with van der Waals surface area (Å²) in [7, 11) is 2.90. The molecule has 2 rings (SSSR count). The van der Waals surface area contributed by atoms with Crippen molar-refractivity contribution < 1.29 is 19.4 Å². The molecule has 0 aromatic carbocycles.